The van der Waals surface area contributed by atoms with Gasteiger partial charge in [0, 0.05) is 18.2 Å². The minimum atomic E-state index is -0.844. The molecule has 0 spiro atoms. The Morgan fingerprint density at radius 2 is 1.76 bits per heavy atom. The highest BCUT2D eigenvalue weighted by Gasteiger charge is 2.34. The summed E-state index contributed by atoms with van der Waals surface area (Å²) in [5.74, 6) is -1.07. The van der Waals surface area contributed by atoms with E-state index in [9.17, 15) is 18.4 Å². The Morgan fingerprint density at radius 1 is 1.02 bits per heavy atom. The third kappa shape index (κ3) is 5.80. The van der Waals surface area contributed by atoms with E-state index in [-0.39, 0.29) is 54.2 Å². The fourth-order valence-electron chi connectivity index (χ4n) is 4.54. The number of anilines is 2. The number of carbonyl (C=O) groups excluding carboxylic acids is 2. The standard InChI is InChI=1S/C29H27F2N7O4/c1-4-32-24(39)11-23-33-12-17(13-34-23)35-28-26-21(36-27(37-28)25-19(30)6-5-7-20(25)31)15-38(29(26)40)14-16-8-9-18(41-2)10-22(16)42-3/h5-10,12-13H,4,11,14-15H2,1-3H3,(H,32,39)(H,35,36,37). The summed E-state index contributed by atoms with van der Waals surface area (Å²) in [4.78, 5) is 44.3. The van der Waals surface area contributed by atoms with Crippen molar-refractivity contribution < 1.29 is 27.8 Å². The molecule has 2 aromatic carbocycles. The Bertz CT molecular complexity index is 1630. The lowest BCUT2D eigenvalue weighted by Gasteiger charge is -2.18. The van der Waals surface area contributed by atoms with Gasteiger partial charge in [0.2, 0.25) is 5.91 Å². The van der Waals surface area contributed by atoms with Gasteiger partial charge in [0.1, 0.15) is 40.3 Å². The molecule has 0 saturated carbocycles. The van der Waals surface area contributed by atoms with Gasteiger partial charge in [-0.05, 0) is 31.2 Å². The largest absolute Gasteiger partial charge is 0.497 e. The van der Waals surface area contributed by atoms with E-state index in [2.05, 4.69) is 30.6 Å². The summed E-state index contributed by atoms with van der Waals surface area (Å²) in [6, 6.07) is 8.72. The second-order valence-electron chi connectivity index (χ2n) is 9.30. The lowest BCUT2D eigenvalue weighted by atomic mass is 10.1. The highest BCUT2D eigenvalue weighted by Crippen LogP contribution is 2.35. The number of rotatable bonds is 10. The number of halogens is 2. The Morgan fingerprint density at radius 3 is 2.43 bits per heavy atom. The molecule has 4 aromatic rings. The molecule has 0 bridgehead atoms. The van der Waals surface area contributed by atoms with Gasteiger partial charge in [-0.1, -0.05) is 6.07 Å². The molecule has 11 nitrogen and oxygen atoms in total. The average Bonchev–Trinajstić information content (AvgIpc) is 3.29. The van der Waals surface area contributed by atoms with Gasteiger partial charge in [-0.15, -0.1) is 0 Å². The van der Waals surface area contributed by atoms with Crippen molar-refractivity contribution in [2.45, 2.75) is 26.4 Å². The highest BCUT2D eigenvalue weighted by atomic mass is 19.1. The number of hydrogen-bond donors (Lipinski definition) is 2. The van der Waals surface area contributed by atoms with Crippen LogP contribution in [0.1, 0.15) is 34.4 Å². The number of fused-ring (bicyclic) bond motifs is 1. The number of nitrogens with one attached hydrogen (secondary N) is 2. The molecule has 0 atom stereocenters. The molecule has 0 saturated heterocycles. The first-order chi connectivity index (χ1) is 20.3. The molecule has 2 aromatic heterocycles. The molecule has 3 heterocycles. The van der Waals surface area contributed by atoms with Crippen molar-refractivity contribution >= 4 is 23.3 Å². The van der Waals surface area contributed by atoms with Crippen molar-refractivity contribution in [1.29, 1.82) is 0 Å². The van der Waals surface area contributed by atoms with Gasteiger partial charge in [0.15, 0.2) is 5.82 Å². The zero-order valence-electron chi connectivity index (χ0n) is 23.1. The number of aromatic nitrogens is 4. The van der Waals surface area contributed by atoms with E-state index in [0.717, 1.165) is 17.7 Å². The minimum absolute atomic E-state index is 0.00397. The van der Waals surface area contributed by atoms with E-state index in [4.69, 9.17) is 9.47 Å². The van der Waals surface area contributed by atoms with E-state index < -0.39 is 17.2 Å². The first-order valence-corrected chi connectivity index (χ1v) is 13.0. The predicted molar refractivity (Wildman–Crippen MR) is 148 cm³/mol. The number of benzene rings is 2. The smallest absolute Gasteiger partial charge is 0.260 e. The zero-order valence-corrected chi connectivity index (χ0v) is 23.1. The van der Waals surface area contributed by atoms with E-state index >= 15 is 0 Å². The van der Waals surface area contributed by atoms with E-state index in [1.54, 1.807) is 25.3 Å². The quantitative estimate of drug-likeness (QED) is 0.290. The third-order valence-electron chi connectivity index (χ3n) is 6.53. The van der Waals surface area contributed by atoms with Crippen molar-refractivity contribution in [2.24, 2.45) is 0 Å². The number of methoxy groups -OCH3 is 2. The van der Waals surface area contributed by atoms with Gasteiger partial charge in [-0.2, -0.15) is 0 Å². The van der Waals surface area contributed by atoms with Crippen molar-refractivity contribution in [2.75, 3.05) is 26.1 Å². The summed E-state index contributed by atoms with van der Waals surface area (Å²) >= 11 is 0. The molecule has 1 aliphatic rings. The van der Waals surface area contributed by atoms with Crippen molar-refractivity contribution in [3.63, 3.8) is 0 Å². The van der Waals surface area contributed by atoms with Crippen LogP contribution < -0.4 is 20.1 Å². The molecule has 0 aliphatic carbocycles. The molecule has 1 aliphatic heterocycles. The van der Waals surface area contributed by atoms with Crippen molar-refractivity contribution in [3.05, 3.63) is 83.1 Å². The lowest BCUT2D eigenvalue weighted by Crippen LogP contribution is -2.25. The lowest BCUT2D eigenvalue weighted by molar-refractivity contribution is -0.120. The monoisotopic (exact) mass is 575 g/mol. The summed E-state index contributed by atoms with van der Waals surface area (Å²) < 4.78 is 40.2. The average molecular weight is 576 g/mol. The molecule has 13 heteroatoms. The maximum atomic E-state index is 14.7. The Balaban J connectivity index is 1.50. The van der Waals surface area contributed by atoms with Crippen LogP contribution in [0.15, 0.2) is 48.8 Å². The number of carbonyl (C=O) groups is 2. The van der Waals surface area contributed by atoms with Gasteiger partial charge in [-0.3, -0.25) is 9.59 Å². The predicted octanol–water partition coefficient (Wildman–Crippen LogP) is 3.81. The normalized spacial score (nSPS) is 12.2. The molecule has 5 rings (SSSR count). The summed E-state index contributed by atoms with van der Waals surface area (Å²) in [6.07, 6.45) is 2.85. The second-order valence-corrected chi connectivity index (χ2v) is 9.30. The Kier molecular flexibility index (Phi) is 8.18. The van der Waals surface area contributed by atoms with Crippen LogP contribution in [0.3, 0.4) is 0 Å². The first kappa shape index (κ1) is 28.3. The number of ether oxygens (including phenoxy) is 2. The molecular weight excluding hydrogens is 548 g/mol. The van der Waals surface area contributed by atoms with Gasteiger partial charge in [-0.25, -0.2) is 28.7 Å². The molecule has 0 unspecified atom stereocenters. The van der Waals surface area contributed by atoms with Crippen LogP contribution in [0, 0.1) is 11.6 Å². The van der Waals surface area contributed by atoms with E-state index in [1.165, 1.54) is 30.5 Å². The Hall–Kier alpha value is -5.20. The van der Waals surface area contributed by atoms with Gasteiger partial charge < -0.3 is 25.0 Å². The summed E-state index contributed by atoms with van der Waals surface area (Å²) in [5.41, 5.74) is 1.09. The number of likely N-dealkylation sites (N-methyl/N-ethyl adjacent to an activating group) is 1. The number of nitrogens with zero attached hydrogens (tertiary/aromatic N) is 5. The Labute approximate surface area is 240 Å². The summed E-state index contributed by atoms with van der Waals surface area (Å²) in [5, 5.41) is 5.68. The van der Waals surface area contributed by atoms with Gasteiger partial charge >= 0.3 is 0 Å². The molecule has 2 N–H and O–H groups in total. The fourth-order valence-corrected chi connectivity index (χ4v) is 4.54. The maximum Gasteiger partial charge on any atom is 0.260 e. The van der Waals surface area contributed by atoms with Crippen LogP contribution >= 0.6 is 0 Å². The van der Waals surface area contributed by atoms with Crippen LogP contribution in [0.2, 0.25) is 0 Å². The van der Waals surface area contributed by atoms with Crippen molar-refractivity contribution in [3.8, 4) is 22.9 Å². The van der Waals surface area contributed by atoms with E-state index in [1.807, 2.05) is 6.92 Å². The van der Waals surface area contributed by atoms with Crippen molar-refractivity contribution in [1.82, 2.24) is 30.2 Å². The van der Waals surface area contributed by atoms with Crippen LogP contribution in [0.4, 0.5) is 20.3 Å². The molecule has 42 heavy (non-hydrogen) atoms. The van der Waals surface area contributed by atoms with E-state index in [0.29, 0.717) is 29.6 Å². The van der Waals surface area contributed by atoms with Crippen LogP contribution in [-0.2, 0) is 24.3 Å². The van der Waals surface area contributed by atoms with Gasteiger partial charge in [0.05, 0.1) is 63.1 Å². The fraction of sp³-hybridized carbons (Fsp3) is 0.241. The maximum absolute atomic E-state index is 14.7. The second kappa shape index (κ2) is 12.1. The summed E-state index contributed by atoms with van der Waals surface area (Å²) in [7, 11) is 3.06. The minimum Gasteiger partial charge on any atom is -0.497 e. The zero-order chi connectivity index (χ0) is 29.8. The third-order valence-corrected chi connectivity index (χ3v) is 6.53. The number of amides is 2. The number of hydrogen-bond acceptors (Lipinski definition) is 9. The van der Waals surface area contributed by atoms with Crippen LogP contribution in [0.25, 0.3) is 11.4 Å². The highest BCUT2D eigenvalue weighted by molar-refractivity contribution is 6.03. The van der Waals surface area contributed by atoms with Crippen LogP contribution in [-0.4, -0.2) is 57.4 Å². The molecule has 2 amide bonds. The molecular formula is C29H27F2N7O4. The topological polar surface area (TPSA) is 131 Å². The molecule has 216 valence electrons. The molecule has 0 radical (unpaired) electrons. The molecule has 0 fully saturated rings. The first-order valence-electron chi connectivity index (χ1n) is 13.0. The van der Waals surface area contributed by atoms with Crippen LogP contribution in [0.5, 0.6) is 11.5 Å². The summed E-state index contributed by atoms with van der Waals surface area (Å²) in [6.45, 7) is 2.52. The SMILES string of the molecule is CCNC(=O)Cc1ncc(Nc2nc(-c3c(F)cccc3F)nc3c2C(=O)N(Cc2ccc(OC)cc2OC)C3)cn1. The van der Waals surface area contributed by atoms with Gasteiger partial charge in [0.25, 0.3) is 5.91 Å².